The van der Waals surface area contributed by atoms with Crippen molar-refractivity contribution in [3.63, 3.8) is 0 Å². The van der Waals surface area contributed by atoms with Crippen molar-refractivity contribution in [3.05, 3.63) is 72.6 Å². The second-order valence-corrected chi connectivity index (χ2v) is 14.3. The van der Waals surface area contributed by atoms with Crippen LogP contribution in [0.4, 0.5) is 9.59 Å². The van der Waals surface area contributed by atoms with E-state index in [1.807, 2.05) is 48.5 Å². The number of imidazole rings is 2. The molecule has 4 aromatic rings. The van der Waals surface area contributed by atoms with Gasteiger partial charge in [-0.2, -0.15) is 0 Å². The van der Waals surface area contributed by atoms with Gasteiger partial charge in [0.25, 0.3) is 11.8 Å². The number of benzene rings is 2. The minimum Gasteiger partial charge on any atom is -0.453 e. The van der Waals surface area contributed by atoms with Crippen LogP contribution in [-0.2, 0) is 28.7 Å². The molecule has 16 nitrogen and oxygen atoms in total. The van der Waals surface area contributed by atoms with E-state index in [0.717, 1.165) is 72.2 Å². The molecule has 2 aliphatic heterocycles. The highest BCUT2D eigenvalue weighted by Crippen LogP contribution is 2.51. The number of ether oxygens (including phenoxy) is 2. The quantitative estimate of drug-likeness (QED) is 0.180. The topological polar surface area (TPSA) is 193 Å². The number of nitrogens with one attached hydrogen (secondary N) is 4. The molecule has 2 aromatic heterocycles. The Balaban J connectivity index is 0.930. The molecule has 2 aliphatic carbocycles. The molecule has 4 heterocycles. The summed E-state index contributed by atoms with van der Waals surface area (Å²) in [5.74, 6) is 0.510. The number of hydroxylamine groups is 4. The fourth-order valence-corrected chi connectivity index (χ4v) is 7.67. The monoisotopic (exact) mass is 738 g/mol. The van der Waals surface area contributed by atoms with Crippen LogP contribution in [0.5, 0.6) is 0 Å². The number of methoxy groups -OCH3 is 2. The number of alkyl carbamates (subject to hydrolysis) is 2. The van der Waals surface area contributed by atoms with Crippen LogP contribution in [0.3, 0.4) is 0 Å². The molecule has 4 N–H and O–H groups in total. The molecule has 0 radical (unpaired) electrons. The first kappa shape index (κ1) is 35.3. The number of hydrogen-bond acceptors (Lipinski definition) is 10. The Labute approximate surface area is 310 Å². The van der Waals surface area contributed by atoms with Gasteiger partial charge >= 0.3 is 12.2 Å². The Hall–Kier alpha value is -5.74. The maximum atomic E-state index is 13.0. The van der Waals surface area contributed by atoms with E-state index < -0.39 is 24.3 Å². The van der Waals surface area contributed by atoms with E-state index in [9.17, 15) is 19.2 Å². The molecular weight excluding hydrogens is 696 g/mol. The third-order valence-electron chi connectivity index (χ3n) is 11.0. The molecule has 54 heavy (non-hydrogen) atoms. The molecule has 8 rings (SSSR count). The molecule has 0 bridgehead atoms. The summed E-state index contributed by atoms with van der Waals surface area (Å²) in [6.07, 6.45) is 8.96. The summed E-state index contributed by atoms with van der Waals surface area (Å²) in [7, 11) is 2.49. The zero-order valence-corrected chi connectivity index (χ0v) is 30.1. The van der Waals surface area contributed by atoms with Crippen LogP contribution < -0.4 is 10.6 Å². The van der Waals surface area contributed by atoms with Crippen LogP contribution in [0.25, 0.3) is 33.6 Å². The van der Waals surface area contributed by atoms with Gasteiger partial charge in [0, 0.05) is 12.8 Å². The molecule has 4 amide bonds. The van der Waals surface area contributed by atoms with Crippen molar-refractivity contribution in [2.45, 2.75) is 74.7 Å². The Morgan fingerprint density at radius 1 is 0.667 bits per heavy atom. The molecule has 2 saturated carbocycles. The largest absolute Gasteiger partial charge is 0.453 e. The number of carbonyl (C=O) groups excluding carboxylic acids is 4. The maximum Gasteiger partial charge on any atom is 0.407 e. The molecule has 2 aromatic carbocycles. The van der Waals surface area contributed by atoms with Gasteiger partial charge in [0.15, 0.2) is 0 Å². The number of amides is 4. The van der Waals surface area contributed by atoms with Gasteiger partial charge in [-0.3, -0.25) is 19.3 Å². The molecule has 4 fully saturated rings. The molecule has 2 atom stereocenters. The van der Waals surface area contributed by atoms with E-state index in [4.69, 9.17) is 9.68 Å². The Kier molecular flexibility index (Phi) is 9.31. The fraction of sp³-hybridized carbons (Fsp3) is 0.421. The molecule has 282 valence electrons. The standard InChI is InChI=1S/C38H42N8O8/c1-51-35(49)41-21-31(47)45-29(17-37(53-45)13-3-14-37)33-39-19-27(43-33)25-9-5-23(6-10-25)24-7-11-26(12-8-24)28-20-40-34(44-28)30-18-38(15-4-16-38)54-46(30)32(48)22-42-36(50)52-2/h5-12,19-20,29-30H,3-4,13-18,21-22H2,1-2H3,(H,39,43)(H,40,44)(H,41,49)(H,42,50)/t29-,30-/m0/s1. The van der Waals surface area contributed by atoms with Crippen molar-refractivity contribution in [2.24, 2.45) is 0 Å². The first-order valence-electron chi connectivity index (χ1n) is 18.1. The zero-order chi connectivity index (χ0) is 37.5. The number of aromatic nitrogens is 4. The second-order valence-electron chi connectivity index (χ2n) is 14.3. The number of nitrogens with zero attached hydrogens (tertiary/aromatic N) is 4. The van der Waals surface area contributed by atoms with E-state index >= 15 is 0 Å². The van der Waals surface area contributed by atoms with Crippen LogP contribution in [0.15, 0.2) is 60.9 Å². The SMILES string of the molecule is COC(=O)NCC(=O)N1OC2(CCC2)C[C@H]1c1ncc(-c2ccc(-c3ccc(-c4cnc([C@@H]5CC6(CCC6)ON5C(=O)CNC(=O)OC)[nH]4)cc3)cc2)[nH]1. The van der Waals surface area contributed by atoms with Crippen molar-refractivity contribution in [2.75, 3.05) is 27.3 Å². The lowest BCUT2D eigenvalue weighted by molar-refractivity contribution is -0.227. The molecule has 16 heteroatoms. The summed E-state index contributed by atoms with van der Waals surface area (Å²) in [6, 6.07) is 15.5. The Bertz CT molecular complexity index is 1890. The first-order chi connectivity index (χ1) is 26.2. The number of aromatic amines is 2. The number of H-pyrrole nitrogens is 2. The third kappa shape index (κ3) is 6.78. The van der Waals surface area contributed by atoms with Crippen molar-refractivity contribution < 1.29 is 38.3 Å². The Morgan fingerprint density at radius 2 is 1.04 bits per heavy atom. The van der Waals surface area contributed by atoms with Gasteiger partial charge < -0.3 is 30.1 Å². The van der Waals surface area contributed by atoms with Crippen LogP contribution in [0.1, 0.15) is 75.1 Å². The average molecular weight is 739 g/mol. The lowest BCUT2D eigenvalue weighted by atomic mass is 9.77. The predicted octanol–water partition coefficient (Wildman–Crippen LogP) is 5.10. The maximum absolute atomic E-state index is 13.0. The molecule has 4 aliphatic rings. The van der Waals surface area contributed by atoms with Crippen molar-refractivity contribution >= 4 is 24.0 Å². The Morgan fingerprint density at radius 3 is 1.37 bits per heavy atom. The minimum absolute atomic E-state index is 0.242. The van der Waals surface area contributed by atoms with Gasteiger partial charge in [-0.25, -0.2) is 29.7 Å². The highest BCUT2D eigenvalue weighted by atomic mass is 16.7. The van der Waals surface area contributed by atoms with Gasteiger partial charge in [0.1, 0.15) is 36.8 Å². The van der Waals surface area contributed by atoms with Crippen molar-refractivity contribution in [3.8, 4) is 33.6 Å². The van der Waals surface area contributed by atoms with E-state index in [1.165, 1.54) is 24.3 Å². The summed E-state index contributed by atoms with van der Waals surface area (Å²) in [5.41, 5.74) is 4.80. The van der Waals surface area contributed by atoms with Crippen LogP contribution in [0.2, 0.25) is 0 Å². The van der Waals surface area contributed by atoms with E-state index in [-0.39, 0.29) is 36.1 Å². The minimum atomic E-state index is -0.683. The number of rotatable bonds is 9. The number of carbonyl (C=O) groups is 4. The van der Waals surface area contributed by atoms with Gasteiger partial charge in [-0.05, 0) is 60.8 Å². The molecule has 2 spiro atoms. The van der Waals surface area contributed by atoms with E-state index in [2.05, 4.69) is 40.0 Å². The normalized spacial score (nSPS) is 20.7. The summed E-state index contributed by atoms with van der Waals surface area (Å²) in [5, 5.41) is 7.58. The van der Waals surface area contributed by atoms with Crippen molar-refractivity contribution in [1.82, 2.24) is 40.7 Å². The lowest BCUT2D eigenvalue weighted by Crippen LogP contribution is -2.42. The van der Waals surface area contributed by atoms with Gasteiger partial charge in [-0.1, -0.05) is 48.5 Å². The van der Waals surface area contributed by atoms with Crippen LogP contribution in [0, 0.1) is 0 Å². The smallest absolute Gasteiger partial charge is 0.407 e. The zero-order valence-electron chi connectivity index (χ0n) is 30.1. The predicted molar refractivity (Wildman–Crippen MR) is 192 cm³/mol. The van der Waals surface area contributed by atoms with E-state index in [1.54, 1.807) is 12.4 Å². The lowest BCUT2D eigenvalue weighted by Gasteiger charge is -2.36. The second kappa shape index (κ2) is 14.2. The highest BCUT2D eigenvalue weighted by Gasteiger charge is 2.53. The summed E-state index contributed by atoms with van der Waals surface area (Å²) in [6.45, 7) is -0.483. The van der Waals surface area contributed by atoms with Crippen LogP contribution >= 0.6 is 0 Å². The molecule has 2 saturated heterocycles. The van der Waals surface area contributed by atoms with Crippen molar-refractivity contribution in [1.29, 1.82) is 0 Å². The fourth-order valence-electron chi connectivity index (χ4n) is 7.67. The first-order valence-corrected chi connectivity index (χ1v) is 18.1. The van der Waals surface area contributed by atoms with Gasteiger partial charge in [0.2, 0.25) is 0 Å². The summed E-state index contributed by atoms with van der Waals surface area (Å²) in [4.78, 5) is 77.6. The summed E-state index contributed by atoms with van der Waals surface area (Å²) < 4.78 is 9.20. The third-order valence-corrected chi connectivity index (χ3v) is 11.0. The van der Waals surface area contributed by atoms with Gasteiger partial charge in [0.05, 0.1) is 49.2 Å². The van der Waals surface area contributed by atoms with Gasteiger partial charge in [-0.15, -0.1) is 0 Å². The van der Waals surface area contributed by atoms with E-state index in [0.29, 0.717) is 24.5 Å². The average Bonchev–Trinajstić information content (AvgIpc) is 3.99. The number of hydrogen-bond donors (Lipinski definition) is 4. The highest BCUT2D eigenvalue weighted by molar-refractivity contribution is 5.83. The van der Waals surface area contributed by atoms with Crippen LogP contribution in [-0.4, -0.2) is 92.6 Å². The molecular formula is C38H42N8O8. The summed E-state index contributed by atoms with van der Waals surface area (Å²) >= 11 is 0. The molecule has 0 unspecified atom stereocenters.